The first kappa shape index (κ1) is 15.1. The number of carboxylic acid groups (broad SMARTS) is 1. The van der Waals surface area contributed by atoms with Gasteiger partial charge in [0, 0.05) is 32.0 Å². The zero-order chi connectivity index (χ0) is 14.1. The van der Waals surface area contributed by atoms with E-state index in [4.69, 9.17) is 9.84 Å². The molecular weight excluding hydrogens is 248 g/mol. The minimum absolute atomic E-state index is 0.132. The molecule has 1 aromatic rings. The number of aromatic carboxylic acids is 1. The summed E-state index contributed by atoms with van der Waals surface area (Å²) in [5.41, 5.74) is 0.178. The Morgan fingerprint density at radius 3 is 2.84 bits per heavy atom. The maximum absolute atomic E-state index is 11.8. The molecular formula is C13H18N2O4. The lowest BCUT2D eigenvalue weighted by molar-refractivity contribution is 0.0690. The minimum atomic E-state index is -1.14. The quantitative estimate of drug-likeness (QED) is 0.693. The predicted octanol–water partition coefficient (Wildman–Crippen LogP) is 1.33. The van der Waals surface area contributed by atoms with E-state index >= 15 is 0 Å². The van der Waals surface area contributed by atoms with Crippen molar-refractivity contribution in [1.82, 2.24) is 10.3 Å². The van der Waals surface area contributed by atoms with E-state index in [1.54, 1.807) is 7.11 Å². The summed E-state index contributed by atoms with van der Waals surface area (Å²) in [6.07, 6.45) is 4.12. The van der Waals surface area contributed by atoms with Crippen LogP contribution in [0.15, 0.2) is 18.3 Å². The lowest BCUT2D eigenvalue weighted by Crippen LogP contribution is -2.24. The van der Waals surface area contributed by atoms with Crippen LogP contribution in [-0.2, 0) is 4.74 Å². The number of rotatable bonds is 8. The normalized spacial score (nSPS) is 10.2. The van der Waals surface area contributed by atoms with E-state index in [1.165, 1.54) is 18.3 Å². The van der Waals surface area contributed by atoms with E-state index in [-0.39, 0.29) is 11.6 Å². The molecule has 0 saturated heterocycles. The second kappa shape index (κ2) is 8.20. The number of amides is 1. The number of carbonyl (C=O) groups excluding carboxylic acids is 1. The van der Waals surface area contributed by atoms with Gasteiger partial charge in [-0.1, -0.05) is 0 Å². The van der Waals surface area contributed by atoms with E-state index in [9.17, 15) is 9.59 Å². The molecule has 6 heteroatoms. The number of hydrogen-bond donors (Lipinski definition) is 2. The number of nitrogens with one attached hydrogen (secondary N) is 1. The lowest BCUT2D eigenvalue weighted by atomic mass is 10.2. The number of pyridine rings is 1. The molecule has 0 bridgehead atoms. The average molecular weight is 266 g/mol. The van der Waals surface area contributed by atoms with Gasteiger partial charge in [0.15, 0.2) is 0 Å². The van der Waals surface area contributed by atoms with Crippen molar-refractivity contribution in [1.29, 1.82) is 0 Å². The van der Waals surface area contributed by atoms with Crippen LogP contribution in [0, 0.1) is 0 Å². The Bertz CT molecular complexity index is 434. The summed E-state index contributed by atoms with van der Waals surface area (Å²) in [7, 11) is 1.66. The molecule has 0 spiro atoms. The summed E-state index contributed by atoms with van der Waals surface area (Å²) in [5.74, 6) is -1.43. The summed E-state index contributed by atoms with van der Waals surface area (Å²) >= 11 is 0. The van der Waals surface area contributed by atoms with Crippen molar-refractivity contribution in [2.45, 2.75) is 19.3 Å². The highest BCUT2D eigenvalue weighted by Crippen LogP contribution is 2.02. The minimum Gasteiger partial charge on any atom is -0.477 e. The molecule has 0 unspecified atom stereocenters. The monoisotopic (exact) mass is 266 g/mol. The lowest BCUT2D eigenvalue weighted by Gasteiger charge is -2.05. The molecule has 0 aliphatic heterocycles. The number of aromatic nitrogens is 1. The fourth-order valence-electron chi connectivity index (χ4n) is 1.54. The molecule has 0 radical (unpaired) electrons. The van der Waals surface area contributed by atoms with Crippen LogP contribution in [0.1, 0.15) is 40.1 Å². The number of methoxy groups -OCH3 is 1. The first-order valence-electron chi connectivity index (χ1n) is 6.11. The van der Waals surface area contributed by atoms with Gasteiger partial charge in [0.2, 0.25) is 0 Å². The highest BCUT2D eigenvalue weighted by Gasteiger charge is 2.09. The smallest absolute Gasteiger partial charge is 0.354 e. The van der Waals surface area contributed by atoms with Gasteiger partial charge >= 0.3 is 5.97 Å². The third-order valence-electron chi connectivity index (χ3n) is 2.55. The molecule has 1 aromatic heterocycles. The Morgan fingerprint density at radius 1 is 1.37 bits per heavy atom. The molecule has 2 N–H and O–H groups in total. The van der Waals surface area contributed by atoms with Crippen molar-refractivity contribution in [2.24, 2.45) is 0 Å². The van der Waals surface area contributed by atoms with Crippen LogP contribution in [0.5, 0.6) is 0 Å². The van der Waals surface area contributed by atoms with E-state index < -0.39 is 5.97 Å². The predicted molar refractivity (Wildman–Crippen MR) is 69.3 cm³/mol. The molecule has 1 heterocycles. The zero-order valence-corrected chi connectivity index (χ0v) is 10.9. The summed E-state index contributed by atoms with van der Waals surface area (Å²) in [6.45, 7) is 1.29. The van der Waals surface area contributed by atoms with E-state index in [0.717, 1.165) is 25.9 Å². The Morgan fingerprint density at radius 2 is 2.16 bits per heavy atom. The van der Waals surface area contributed by atoms with Gasteiger partial charge in [0.25, 0.3) is 5.91 Å². The molecule has 0 fully saturated rings. The van der Waals surface area contributed by atoms with Crippen LogP contribution in [0.4, 0.5) is 0 Å². The second-order valence-electron chi connectivity index (χ2n) is 4.04. The topological polar surface area (TPSA) is 88.5 Å². The van der Waals surface area contributed by atoms with Crippen molar-refractivity contribution >= 4 is 11.9 Å². The zero-order valence-electron chi connectivity index (χ0n) is 10.9. The summed E-state index contributed by atoms with van der Waals surface area (Å²) < 4.78 is 4.92. The maximum Gasteiger partial charge on any atom is 0.354 e. The number of ether oxygens (including phenoxy) is 1. The van der Waals surface area contributed by atoms with Crippen LogP contribution in [0.2, 0.25) is 0 Å². The molecule has 0 aliphatic rings. The van der Waals surface area contributed by atoms with Crippen molar-refractivity contribution in [3.05, 3.63) is 29.6 Å². The van der Waals surface area contributed by atoms with Crippen LogP contribution in [0.25, 0.3) is 0 Å². The third-order valence-corrected chi connectivity index (χ3v) is 2.55. The van der Waals surface area contributed by atoms with Gasteiger partial charge < -0.3 is 15.2 Å². The Kier molecular flexibility index (Phi) is 6.52. The molecule has 0 saturated carbocycles. The SMILES string of the molecule is COCCCCCNC(=O)c1ccnc(C(=O)O)c1. The number of hydrogen-bond acceptors (Lipinski definition) is 4. The molecule has 1 rings (SSSR count). The fourth-order valence-corrected chi connectivity index (χ4v) is 1.54. The second-order valence-corrected chi connectivity index (χ2v) is 4.04. The maximum atomic E-state index is 11.8. The van der Waals surface area contributed by atoms with Crippen LogP contribution in [0.3, 0.4) is 0 Å². The van der Waals surface area contributed by atoms with E-state index in [1.807, 2.05) is 0 Å². The van der Waals surface area contributed by atoms with Crippen LogP contribution in [-0.4, -0.2) is 42.2 Å². The van der Waals surface area contributed by atoms with Gasteiger partial charge in [0.05, 0.1) is 0 Å². The van der Waals surface area contributed by atoms with Crippen LogP contribution >= 0.6 is 0 Å². The van der Waals surface area contributed by atoms with Gasteiger partial charge in [-0.2, -0.15) is 0 Å². The van der Waals surface area contributed by atoms with Gasteiger partial charge in [-0.25, -0.2) is 9.78 Å². The highest BCUT2D eigenvalue weighted by molar-refractivity contribution is 5.96. The summed E-state index contributed by atoms with van der Waals surface area (Å²) in [5, 5.41) is 11.5. The van der Waals surface area contributed by atoms with Crippen LogP contribution < -0.4 is 5.32 Å². The average Bonchev–Trinajstić information content (AvgIpc) is 2.42. The molecule has 1 amide bonds. The molecule has 19 heavy (non-hydrogen) atoms. The molecule has 6 nitrogen and oxygen atoms in total. The fraction of sp³-hybridized carbons (Fsp3) is 0.462. The number of nitrogens with zero attached hydrogens (tertiary/aromatic N) is 1. The highest BCUT2D eigenvalue weighted by atomic mass is 16.5. The number of unbranched alkanes of at least 4 members (excludes halogenated alkanes) is 2. The van der Waals surface area contributed by atoms with Crippen molar-refractivity contribution in [3.63, 3.8) is 0 Å². The van der Waals surface area contributed by atoms with Gasteiger partial charge in [-0.3, -0.25) is 4.79 Å². The molecule has 0 atom stereocenters. The van der Waals surface area contributed by atoms with Gasteiger partial charge in [0.1, 0.15) is 5.69 Å². The largest absolute Gasteiger partial charge is 0.477 e. The molecule has 0 aliphatic carbocycles. The van der Waals surface area contributed by atoms with Crippen molar-refractivity contribution < 1.29 is 19.4 Å². The number of carboxylic acids is 1. The number of carbonyl (C=O) groups is 2. The first-order valence-corrected chi connectivity index (χ1v) is 6.11. The Balaban J connectivity index is 2.37. The van der Waals surface area contributed by atoms with Gasteiger partial charge in [-0.15, -0.1) is 0 Å². The van der Waals surface area contributed by atoms with Crippen molar-refractivity contribution in [2.75, 3.05) is 20.3 Å². The summed E-state index contributed by atoms with van der Waals surface area (Å²) in [6, 6.07) is 2.76. The van der Waals surface area contributed by atoms with E-state index in [2.05, 4.69) is 10.3 Å². The molecule has 104 valence electrons. The Hall–Kier alpha value is -1.95. The third kappa shape index (κ3) is 5.48. The van der Waals surface area contributed by atoms with Crippen molar-refractivity contribution in [3.8, 4) is 0 Å². The van der Waals surface area contributed by atoms with Gasteiger partial charge in [-0.05, 0) is 31.4 Å². The first-order chi connectivity index (χ1) is 9.15. The Labute approximate surface area is 111 Å². The summed E-state index contributed by atoms with van der Waals surface area (Å²) in [4.78, 5) is 26.1. The molecule has 0 aromatic carbocycles. The van der Waals surface area contributed by atoms with E-state index in [0.29, 0.717) is 12.1 Å². The standard InChI is InChI=1S/C13H18N2O4/c1-19-8-4-2-3-6-15-12(16)10-5-7-14-11(9-10)13(17)18/h5,7,9H,2-4,6,8H2,1H3,(H,15,16)(H,17,18).